The summed E-state index contributed by atoms with van der Waals surface area (Å²) in [6.07, 6.45) is 0. The van der Waals surface area contributed by atoms with Gasteiger partial charge in [-0.1, -0.05) is 0 Å². The summed E-state index contributed by atoms with van der Waals surface area (Å²) in [6.45, 7) is 1.42. The fourth-order valence-electron chi connectivity index (χ4n) is 0.945. The van der Waals surface area contributed by atoms with Crippen molar-refractivity contribution in [2.24, 2.45) is 0 Å². The highest BCUT2D eigenvalue weighted by atomic mass is 35.7. The number of carbonyl (C=O) groups excluding carboxylic acids is 1. The number of hydrogen-bond donors (Lipinski definition) is 1. The summed E-state index contributed by atoms with van der Waals surface area (Å²) in [4.78, 5) is 11.1. The predicted molar refractivity (Wildman–Crippen MR) is 60.1 cm³/mol. The summed E-state index contributed by atoms with van der Waals surface area (Å²) in [5, 5.41) is 2.59. The second-order valence-corrected chi connectivity index (χ2v) is 5.96. The molecule has 0 aliphatic heterocycles. The fourth-order valence-corrected chi connectivity index (χ4v) is 1.80. The number of carbonyl (C=O) groups is 1. The van der Waals surface area contributed by atoms with Crippen LogP contribution in [0.1, 0.15) is 6.92 Å². The van der Waals surface area contributed by atoms with E-state index in [4.69, 9.17) is 10.7 Å². The van der Waals surface area contributed by atoms with Gasteiger partial charge in [-0.05, 0) is 40.8 Å². The Morgan fingerprint density at radius 2 is 1.93 bits per heavy atom. The second-order valence-electron chi connectivity index (χ2n) is 2.80. The molecule has 1 N–H and O–H groups in total. The van der Waals surface area contributed by atoms with Gasteiger partial charge in [0, 0.05) is 17.5 Å². The number of anilines is 1. The van der Waals surface area contributed by atoms with E-state index in [1.807, 2.05) is 0 Å². The molecule has 0 saturated carbocycles. The third-order valence-electron chi connectivity index (χ3n) is 1.53. The van der Waals surface area contributed by atoms with Crippen molar-refractivity contribution in [3.8, 4) is 0 Å². The number of halogens is 1. The van der Waals surface area contributed by atoms with E-state index in [1.165, 1.54) is 6.92 Å². The highest BCUT2D eigenvalue weighted by Crippen LogP contribution is 2.17. The van der Waals surface area contributed by atoms with Crippen LogP contribution in [0.25, 0.3) is 0 Å². The van der Waals surface area contributed by atoms with E-state index >= 15 is 0 Å². The Kier molecular flexibility index (Phi) is 3.18. The van der Waals surface area contributed by atoms with Crippen LogP contribution in [0, 0.1) is 0 Å². The van der Waals surface area contributed by atoms with Gasteiger partial charge in [-0.3, -0.25) is 4.79 Å². The lowest BCUT2D eigenvalue weighted by atomic mass is 10.3. The van der Waals surface area contributed by atoms with E-state index in [9.17, 15) is 9.00 Å². The second kappa shape index (κ2) is 4.02. The molecule has 1 aromatic carbocycles. The molecule has 76 valence electrons. The Labute approximate surface area is 87.6 Å². The van der Waals surface area contributed by atoms with Gasteiger partial charge in [-0.25, -0.2) is 4.21 Å². The van der Waals surface area contributed by atoms with Crippen molar-refractivity contribution in [1.82, 2.24) is 0 Å². The normalized spacial score (nSPS) is 14.4. The minimum Gasteiger partial charge on any atom is -0.326 e. The van der Waals surface area contributed by atoms with E-state index in [0.29, 0.717) is 10.6 Å². The molecular formula is C9H10ClNO2S. The first-order valence-electron chi connectivity index (χ1n) is 3.84. The summed E-state index contributed by atoms with van der Waals surface area (Å²) < 4.78 is 11.3. The smallest absolute Gasteiger partial charge is 0.221 e. The Morgan fingerprint density at radius 3 is 2.29 bits per heavy atom. The number of nitrogens with one attached hydrogen (secondary N) is 1. The number of rotatable bonds is 2. The zero-order valence-corrected chi connectivity index (χ0v) is 9.19. The van der Waals surface area contributed by atoms with Gasteiger partial charge in [0.2, 0.25) is 5.91 Å². The van der Waals surface area contributed by atoms with Crippen molar-refractivity contribution in [3.63, 3.8) is 0 Å². The Morgan fingerprint density at radius 1 is 1.43 bits per heavy atom. The average molecular weight is 232 g/mol. The molecule has 1 amide bonds. The molecule has 0 radical (unpaired) electrons. The van der Waals surface area contributed by atoms with Crippen LogP contribution < -0.4 is 5.32 Å². The molecule has 0 aliphatic rings. The Hall–Kier alpha value is -1.00. The summed E-state index contributed by atoms with van der Waals surface area (Å²) >= 11 is 0. The molecule has 0 aliphatic carbocycles. The molecule has 1 unspecified atom stereocenters. The first-order valence-corrected chi connectivity index (χ1v) is 6.39. The van der Waals surface area contributed by atoms with Crippen molar-refractivity contribution in [2.75, 3.05) is 5.32 Å². The topological polar surface area (TPSA) is 46.2 Å². The van der Waals surface area contributed by atoms with E-state index in [-0.39, 0.29) is 5.91 Å². The van der Waals surface area contributed by atoms with E-state index < -0.39 is 8.74 Å². The van der Waals surface area contributed by atoms with Crippen LogP contribution in [0.3, 0.4) is 0 Å². The highest BCUT2D eigenvalue weighted by Gasteiger charge is 2.02. The number of amides is 1. The van der Waals surface area contributed by atoms with Crippen molar-refractivity contribution in [2.45, 2.75) is 11.8 Å². The summed E-state index contributed by atoms with van der Waals surface area (Å²) in [5.74, 6) is 3.18. The van der Waals surface area contributed by atoms with Crippen LogP contribution in [0.15, 0.2) is 29.2 Å². The van der Waals surface area contributed by atoms with Gasteiger partial charge in [0.05, 0.1) is 8.74 Å². The van der Waals surface area contributed by atoms with Crippen molar-refractivity contribution >= 4 is 36.9 Å². The zero-order chi connectivity index (χ0) is 10.8. The quantitative estimate of drug-likeness (QED) is 0.624. The lowest BCUT2D eigenvalue weighted by Gasteiger charge is -2.03. The minimum atomic E-state index is -2.69. The lowest BCUT2D eigenvalue weighted by Crippen LogP contribution is -2.05. The molecule has 0 aromatic heterocycles. The van der Waals surface area contributed by atoms with Crippen molar-refractivity contribution in [1.29, 1.82) is 0 Å². The molecular weight excluding hydrogens is 222 g/mol. The molecule has 0 saturated heterocycles. The van der Waals surface area contributed by atoms with Crippen LogP contribution in [0.4, 0.5) is 5.69 Å². The van der Waals surface area contributed by atoms with Gasteiger partial charge < -0.3 is 5.32 Å². The molecule has 3 nitrogen and oxygen atoms in total. The van der Waals surface area contributed by atoms with Crippen LogP contribution >= 0.6 is 10.7 Å². The molecule has 5 heteroatoms. The standard InChI is InChI=1S/C9H10ClNO2S/c1-7(12)11-8-3-5-9(6-4-8)14(2,10)13/h3-6H,2H2,1H3,(H,11,12). The van der Waals surface area contributed by atoms with E-state index in [0.717, 1.165) is 0 Å². The van der Waals surface area contributed by atoms with Crippen molar-refractivity contribution < 1.29 is 9.00 Å². The van der Waals surface area contributed by atoms with E-state index in [1.54, 1.807) is 24.3 Å². The summed E-state index contributed by atoms with van der Waals surface area (Å²) in [7, 11) is 2.86. The predicted octanol–water partition coefficient (Wildman–Crippen LogP) is 1.87. The third kappa shape index (κ3) is 3.05. The SMILES string of the molecule is C=S(=O)(Cl)c1ccc(NC(C)=O)cc1. The van der Waals surface area contributed by atoms with Crippen molar-refractivity contribution in [3.05, 3.63) is 24.3 Å². The zero-order valence-electron chi connectivity index (χ0n) is 7.62. The molecule has 0 bridgehead atoms. The van der Waals surface area contributed by atoms with Crippen LogP contribution in [-0.2, 0) is 13.5 Å². The van der Waals surface area contributed by atoms with Gasteiger partial charge in [-0.2, -0.15) is 0 Å². The molecule has 0 spiro atoms. The maximum absolute atomic E-state index is 11.3. The first-order chi connectivity index (χ1) is 6.39. The van der Waals surface area contributed by atoms with Gasteiger partial charge in [0.25, 0.3) is 0 Å². The van der Waals surface area contributed by atoms with Gasteiger partial charge in [0.15, 0.2) is 0 Å². The summed E-state index contributed by atoms with van der Waals surface area (Å²) in [6, 6.07) is 6.41. The molecule has 1 aromatic rings. The van der Waals surface area contributed by atoms with Crippen LogP contribution in [0.2, 0.25) is 0 Å². The van der Waals surface area contributed by atoms with Crippen LogP contribution in [0.5, 0.6) is 0 Å². The van der Waals surface area contributed by atoms with Gasteiger partial charge in [-0.15, -0.1) is 0 Å². The van der Waals surface area contributed by atoms with Crippen LogP contribution in [-0.4, -0.2) is 16.0 Å². The Balaban J connectivity index is 2.95. The molecule has 14 heavy (non-hydrogen) atoms. The Bertz CT molecular complexity index is 436. The number of benzene rings is 1. The largest absolute Gasteiger partial charge is 0.326 e. The fraction of sp³-hybridized carbons (Fsp3) is 0.111. The number of hydrogen-bond acceptors (Lipinski definition) is 2. The molecule has 1 atom stereocenters. The maximum Gasteiger partial charge on any atom is 0.221 e. The highest BCUT2D eigenvalue weighted by molar-refractivity contribution is 8.21. The average Bonchev–Trinajstić information content (AvgIpc) is 2.02. The minimum absolute atomic E-state index is 0.154. The maximum atomic E-state index is 11.3. The monoisotopic (exact) mass is 231 g/mol. The first kappa shape index (κ1) is 11.1. The van der Waals surface area contributed by atoms with E-state index in [2.05, 4.69) is 11.2 Å². The third-order valence-corrected chi connectivity index (χ3v) is 3.04. The lowest BCUT2D eigenvalue weighted by molar-refractivity contribution is -0.114. The van der Waals surface area contributed by atoms with Gasteiger partial charge in [0.1, 0.15) is 0 Å². The molecule has 0 fully saturated rings. The van der Waals surface area contributed by atoms with Gasteiger partial charge >= 0.3 is 0 Å². The molecule has 1 rings (SSSR count). The summed E-state index contributed by atoms with van der Waals surface area (Å²) in [5.41, 5.74) is 0.640. The molecule has 0 heterocycles.